The highest BCUT2D eigenvalue weighted by Crippen LogP contribution is 2.35. The van der Waals surface area contributed by atoms with Crippen molar-refractivity contribution >= 4 is 29.9 Å². The number of nitrogens with zero attached hydrogens (tertiary/aromatic N) is 4. The van der Waals surface area contributed by atoms with E-state index in [9.17, 15) is 0 Å². The molecule has 5 nitrogen and oxygen atoms in total. The molecule has 0 radical (unpaired) electrons. The third-order valence-electron chi connectivity index (χ3n) is 5.96. The third-order valence-corrected chi connectivity index (χ3v) is 5.96. The predicted octanol–water partition coefficient (Wildman–Crippen LogP) is 1.55. The lowest BCUT2D eigenvalue weighted by Gasteiger charge is -2.38. The minimum atomic E-state index is 0. The van der Waals surface area contributed by atoms with E-state index < -0.39 is 0 Å². The van der Waals surface area contributed by atoms with Crippen LogP contribution in [0, 0.1) is 11.8 Å². The summed E-state index contributed by atoms with van der Waals surface area (Å²) in [5, 5.41) is 3.65. The summed E-state index contributed by atoms with van der Waals surface area (Å²) in [4.78, 5) is 12.0. The molecule has 0 aromatic carbocycles. The molecule has 1 N–H and O–H groups in total. The zero-order valence-corrected chi connectivity index (χ0v) is 17.3. The normalized spacial score (nSPS) is 33.3. The van der Waals surface area contributed by atoms with Crippen LogP contribution in [0.3, 0.4) is 0 Å². The fraction of sp³-hybridized carbons (Fsp3) is 0.941. The van der Waals surface area contributed by atoms with Crippen LogP contribution in [0.5, 0.6) is 0 Å². The molecule has 3 rings (SSSR count). The van der Waals surface area contributed by atoms with Crippen LogP contribution in [0.25, 0.3) is 0 Å². The molecule has 2 saturated heterocycles. The Morgan fingerprint density at radius 2 is 1.70 bits per heavy atom. The molecule has 0 bridgehead atoms. The molecular formula is C17H34IN5. The molecule has 3 unspecified atom stereocenters. The smallest absolute Gasteiger partial charge is 0.193 e. The number of likely N-dealkylation sites (tertiary alicyclic amines) is 1. The first kappa shape index (κ1) is 19.2. The summed E-state index contributed by atoms with van der Waals surface area (Å²) in [5.74, 6) is 2.95. The fourth-order valence-corrected chi connectivity index (χ4v) is 4.44. The average Bonchev–Trinajstić information content (AvgIpc) is 2.95. The summed E-state index contributed by atoms with van der Waals surface area (Å²) in [6.45, 7) is 6.91. The first-order valence-corrected chi connectivity index (χ1v) is 9.01. The lowest BCUT2D eigenvalue weighted by atomic mass is 9.82. The van der Waals surface area contributed by atoms with Gasteiger partial charge >= 0.3 is 0 Å². The van der Waals surface area contributed by atoms with Gasteiger partial charge in [-0.2, -0.15) is 0 Å². The molecule has 1 saturated carbocycles. The molecule has 3 atom stereocenters. The zero-order chi connectivity index (χ0) is 15.5. The second-order valence-electron chi connectivity index (χ2n) is 7.53. The Hall–Kier alpha value is -0.0800. The Bertz CT molecular complexity index is 388. The van der Waals surface area contributed by atoms with E-state index >= 15 is 0 Å². The van der Waals surface area contributed by atoms with Crippen LogP contribution < -0.4 is 5.32 Å². The van der Waals surface area contributed by atoms with Crippen LogP contribution >= 0.6 is 24.0 Å². The molecule has 2 aliphatic heterocycles. The Morgan fingerprint density at radius 3 is 2.30 bits per heavy atom. The number of aliphatic imine (C=N–C) groups is 1. The number of guanidine groups is 1. The molecule has 2 heterocycles. The number of fused-ring (bicyclic) bond motifs is 1. The van der Waals surface area contributed by atoms with Gasteiger partial charge in [-0.15, -0.1) is 24.0 Å². The largest absolute Gasteiger partial charge is 0.355 e. The van der Waals surface area contributed by atoms with Gasteiger partial charge in [-0.25, -0.2) is 0 Å². The number of likely N-dealkylation sites (N-methyl/N-ethyl adjacent to an activating group) is 2. The topological polar surface area (TPSA) is 34.1 Å². The van der Waals surface area contributed by atoms with E-state index in [2.05, 4.69) is 39.1 Å². The van der Waals surface area contributed by atoms with E-state index in [1.54, 1.807) is 0 Å². The van der Waals surface area contributed by atoms with Crippen LogP contribution in [0.2, 0.25) is 0 Å². The second-order valence-corrected chi connectivity index (χ2v) is 7.53. The number of hydrogen-bond acceptors (Lipinski definition) is 3. The molecule has 0 aromatic heterocycles. The second kappa shape index (κ2) is 8.85. The summed E-state index contributed by atoms with van der Waals surface area (Å²) >= 11 is 0. The van der Waals surface area contributed by atoms with Crippen LogP contribution in [0.15, 0.2) is 4.99 Å². The van der Waals surface area contributed by atoms with Gasteiger partial charge in [-0.3, -0.25) is 9.89 Å². The SMILES string of the molecule is CN=C(NCC1CN(C)CCN1C)N1CC2CCCCC2C1.I. The van der Waals surface area contributed by atoms with E-state index in [4.69, 9.17) is 0 Å². The van der Waals surface area contributed by atoms with Gasteiger partial charge in [0, 0.05) is 52.4 Å². The van der Waals surface area contributed by atoms with E-state index in [-0.39, 0.29) is 24.0 Å². The summed E-state index contributed by atoms with van der Waals surface area (Å²) in [6, 6.07) is 0.584. The third kappa shape index (κ3) is 4.72. The van der Waals surface area contributed by atoms with Crippen molar-refractivity contribution in [2.45, 2.75) is 31.7 Å². The standard InChI is InChI=1S/C17H33N5.HI/c1-18-17(19-10-16-13-20(2)8-9-21(16)3)22-11-14-6-4-5-7-15(14)12-22;/h14-16H,4-13H2,1-3H3,(H,18,19);1H. The Kier molecular flexibility index (Phi) is 7.41. The van der Waals surface area contributed by atoms with E-state index in [0.717, 1.165) is 37.4 Å². The summed E-state index contributed by atoms with van der Waals surface area (Å²) in [7, 11) is 6.40. The van der Waals surface area contributed by atoms with Gasteiger partial charge in [0.25, 0.3) is 0 Å². The van der Waals surface area contributed by atoms with Gasteiger partial charge in [0.05, 0.1) is 0 Å². The van der Waals surface area contributed by atoms with Crippen LogP contribution in [-0.4, -0.2) is 87.1 Å². The molecule has 0 aromatic rings. The molecule has 3 fully saturated rings. The highest BCUT2D eigenvalue weighted by Gasteiger charge is 2.35. The molecule has 1 aliphatic carbocycles. The fourth-order valence-electron chi connectivity index (χ4n) is 4.44. The average molecular weight is 435 g/mol. The van der Waals surface area contributed by atoms with Crippen molar-refractivity contribution in [3.63, 3.8) is 0 Å². The zero-order valence-electron chi connectivity index (χ0n) is 15.0. The lowest BCUT2D eigenvalue weighted by Crippen LogP contribution is -2.55. The Balaban J connectivity index is 0.00000192. The molecule has 23 heavy (non-hydrogen) atoms. The first-order valence-electron chi connectivity index (χ1n) is 9.01. The van der Waals surface area contributed by atoms with Gasteiger partial charge in [0.1, 0.15) is 0 Å². The predicted molar refractivity (Wildman–Crippen MR) is 108 cm³/mol. The molecule has 0 spiro atoms. The minimum absolute atomic E-state index is 0. The monoisotopic (exact) mass is 435 g/mol. The molecular weight excluding hydrogens is 401 g/mol. The van der Waals surface area contributed by atoms with E-state index in [1.807, 2.05) is 7.05 Å². The summed E-state index contributed by atoms with van der Waals surface area (Å²) < 4.78 is 0. The van der Waals surface area contributed by atoms with E-state index in [1.165, 1.54) is 45.3 Å². The highest BCUT2D eigenvalue weighted by molar-refractivity contribution is 14.0. The van der Waals surface area contributed by atoms with Gasteiger partial charge in [-0.05, 0) is 38.8 Å². The van der Waals surface area contributed by atoms with Crippen molar-refractivity contribution in [2.24, 2.45) is 16.8 Å². The maximum absolute atomic E-state index is 4.56. The van der Waals surface area contributed by atoms with Gasteiger partial charge in [-0.1, -0.05) is 12.8 Å². The van der Waals surface area contributed by atoms with Crippen molar-refractivity contribution in [3.8, 4) is 0 Å². The number of hydrogen-bond donors (Lipinski definition) is 1. The quantitative estimate of drug-likeness (QED) is 0.406. The van der Waals surface area contributed by atoms with Crippen LogP contribution in [0.4, 0.5) is 0 Å². The van der Waals surface area contributed by atoms with Crippen molar-refractivity contribution in [3.05, 3.63) is 0 Å². The maximum Gasteiger partial charge on any atom is 0.193 e. The van der Waals surface area contributed by atoms with Gasteiger partial charge < -0.3 is 15.1 Å². The van der Waals surface area contributed by atoms with Crippen molar-refractivity contribution < 1.29 is 0 Å². The van der Waals surface area contributed by atoms with Crippen LogP contribution in [-0.2, 0) is 0 Å². The lowest BCUT2D eigenvalue weighted by molar-refractivity contribution is 0.116. The number of rotatable bonds is 2. The van der Waals surface area contributed by atoms with E-state index in [0.29, 0.717) is 6.04 Å². The van der Waals surface area contributed by atoms with Gasteiger partial charge in [0.15, 0.2) is 5.96 Å². The molecule has 3 aliphatic rings. The Morgan fingerprint density at radius 1 is 1.04 bits per heavy atom. The van der Waals surface area contributed by atoms with Gasteiger partial charge in [0.2, 0.25) is 0 Å². The number of halogens is 1. The highest BCUT2D eigenvalue weighted by atomic mass is 127. The summed E-state index contributed by atoms with van der Waals surface area (Å²) in [6.07, 6.45) is 5.71. The summed E-state index contributed by atoms with van der Waals surface area (Å²) in [5.41, 5.74) is 0. The van der Waals surface area contributed by atoms with Crippen molar-refractivity contribution in [2.75, 3.05) is 60.4 Å². The first-order chi connectivity index (χ1) is 10.7. The maximum atomic E-state index is 4.56. The number of nitrogens with one attached hydrogen (secondary N) is 1. The van der Waals surface area contributed by atoms with Crippen LogP contribution in [0.1, 0.15) is 25.7 Å². The van der Waals surface area contributed by atoms with Crippen molar-refractivity contribution in [1.82, 2.24) is 20.0 Å². The molecule has 134 valence electrons. The Labute approximate surface area is 158 Å². The molecule has 0 amide bonds. The molecule has 6 heteroatoms. The van der Waals surface area contributed by atoms with Crippen molar-refractivity contribution in [1.29, 1.82) is 0 Å². The minimum Gasteiger partial charge on any atom is -0.355 e. The number of piperazine rings is 1.